The molecule has 2 amide bonds. The number of urea groups is 1. The van der Waals surface area contributed by atoms with Crippen LogP contribution in [0.4, 0.5) is 14.9 Å². The maximum absolute atomic E-state index is 13.0. The van der Waals surface area contributed by atoms with Crippen LogP contribution in [0, 0.1) is 22.6 Å². The van der Waals surface area contributed by atoms with E-state index in [4.69, 9.17) is 10.4 Å². The first kappa shape index (κ1) is 17.9. The van der Waals surface area contributed by atoms with Crippen molar-refractivity contribution >= 4 is 11.7 Å². The van der Waals surface area contributed by atoms with Gasteiger partial charge in [-0.25, -0.2) is 9.18 Å². The Hall–Kier alpha value is -2.13. The van der Waals surface area contributed by atoms with E-state index in [0.29, 0.717) is 13.0 Å². The highest BCUT2D eigenvalue weighted by atomic mass is 19.1. The van der Waals surface area contributed by atoms with Gasteiger partial charge in [0.25, 0.3) is 0 Å². The Kier molecular flexibility index (Phi) is 6.80. The molecule has 0 unspecified atom stereocenters. The number of rotatable bonds is 7. The number of aliphatic hydroxyl groups is 1. The number of anilines is 1. The van der Waals surface area contributed by atoms with Gasteiger partial charge in [-0.1, -0.05) is 13.8 Å². The van der Waals surface area contributed by atoms with Gasteiger partial charge in [-0.05, 0) is 42.9 Å². The van der Waals surface area contributed by atoms with Gasteiger partial charge in [0.15, 0.2) is 0 Å². The third kappa shape index (κ3) is 4.71. The molecule has 0 aliphatic heterocycles. The summed E-state index contributed by atoms with van der Waals surface area (Å²) in [4.78, 5) is 12.0. The minimum atomic E-state index is -0.526. The molecule has 22 heavy (non-hydrogen) atoms. The molecule has 1 aromatic carbocycles. The Balaban J connectivity index is 2.69. The van der Waals surface area contributed by atoms with E-state index in [0.717, 1.165) is 18.9 Å². The molecular weight excluding hydrogens is 285 g/mol. The van der Waals surface area contributed by atoms with Gasteiger partial charge in [0.05, 0.1) is 11.3 Å². The molecule has 1 aromatic rings. The van der Waals surface area contributed by atoms with Gasteiger partial charge < -0.3 is 15.7 Å². The average Bonchev–Trinajstić information content (AvgIpc) is 2.53. The van der Waals surface area contributed by atoms with Crippen molar-refractivity contribution in [3.05, 3.63) is 29.6 Å². The molecule has 3 N–H and O–H groups in total. The topological polar surface area (TPSA) is 85.2 Å². The van der Waals surface area contributed by atoms with Crippen LogP contribution in [-0.2, 0) is 0 Å². The lowest BCUT2D eigenvalue weighted by molar-refractivity contribution is 0.165. The van der Waals surface area contributed by atoms with Crippen molar-refractivity contribution in [3.63, 3.8) is 0 Å². The van der Waals surface area contributed by atoms with E-state index in [1.54, 1.807) is 0 Å². The van der Waals surface area contributed by atoms with Crippen molar-refractivity contribution in [1.29, 1.82) is 5.26 Å². The predicted octanol–water partition coefficient (Wildman–Crippen LogP) is 3.01. The predicted molar refractivity (Wildman–Crippen MR) is 82.9 cm³/mol. The number of halogens is 1. The third-order valence-electron chi connectivity index (χ3n) is 4.12. The number of benzene rings is 1. The van der Waals surface area contributed by atoms with Crippen molar-refractivity contribution in [2.75, 3.05) is 18.5 Å². The zero-order valence-electron chi connectivity index (χ0n) is 12.9. The summed E-state index contributed by atoms with van der Waals surface area (Å²) in [5, 5.41) is 23.4. The second kappa shape index (κ2) is 8.35. The molecule has 0 aromatic heterocycles. The lowest BCUT2D eigenvalue weighted by Gasteiger charge is -2.31. The van der Waals surface area contributed by atoms with Gasteiger partial charge in [-0.2, -0.15) is 5.26 Å². The molecule has 0 atom stereocenters. The van der Waals surface area contributed by atoms with Crippen LogP contribution in [-0.4, -0.2) is 24.3 Å². The maximum atomic E-state index is 13.0. The Morgan fingerprint density at radius 2 is 2.09 bits per heavy atom. The van der Waals surface area contributed by atoms with Crippen LogP contribution in [0.5, 0.6) is 0 Å². The van der Waals surface area contributed by atoms with Crippen molar-refractivity contribution in [2.24, 2.45) is 5.41 Å². The number of hydrogen-bond acceptors (Lipinski definition) is 3. The molecule has 6 heteroatoms. The number of nitrogens with one attached hydrogen (secondary N) is 2. The van der Waals surface area contributed by atoms with Crippen LogP contribution in [0.25, 0.3) is 0 Å². The summed E-state index contributed by atoms with van der Waals surface area (Å²) in [6.07, 6.45) is 2.29. The van der Waals surface area contributed by atoms with E-state index in [-0.39, 0.29) is 23.3 Å². The van der Waals surface area contributed by atoms with Crippen molar-refractivity contribution in [2.45, 2.75) is 33.1 Å². The van der Waals surface area contributed by atoms with Crippen LogP contribution < -0.4 is 10.6 Å². The highest BCUT2D eigenvalue weighted by Crippen LogP contribution is 2.29. The summed E-state index contributed by atoms with van der Waals surface area (Å²) in [5.74, 6) is -0.526. The fraction of sp³-hybridized carbons (Fsp3) is 0.500. The lowest BCUT2D eigenvalue weighted by Crippen LogP contribution is -2.39. The zero-order chi connectivity index (χ0) is 16.6. The summed E-state index contributed by atoms with van der Waals surface area (Å²) in [6.45, 7) is 4.54. The molecule has 0 heterocycles. The highest BCUT2D eigenvalue weighted by Gasteiger charge is 2.26. The molecule has 0 aliphatic carbocycles. The van der Waals surface area contributed by atoms with Gasteiger partial charge in [-0.3, -0.25) is 0 Å². The summed E-state index contributed by atoms with van der Waals surface area (Å²) < 4.78 is 13.0. The molecule has 0 fully saturated rings. The quantitative estimate of drug-likeness (QED) is 0.724. The van der Waals surface area contributed by atoms with Crippen LogP contribution in [0.15, 0.2) is 18.2 Å². The Bertz CT molecular complexity index is 551. The van der Waals surface area contributed by atoms with E-state index in [2.05, 4.69) is 10.6 Å². The minimum absolute atomic E-state index is 0.0710. The Morgan fingerprint density at radius 3 is 2.64 bits per heavy atom. The number of carbonyl (C=O) groups is 1. The number of aliphatic hydroxyl groups excluding tert-OH is 1. The average molecular weight is 307 g/mol. The summed E-state index contributed by atoms with van der Waals surface area (Å²) in [5.41, 5.74) is 0.192. The van der Waals surface area contributed by atoms with Gasteiger partial charge in [0.2, 0.25) is 0 Å². The zero-order valence-corrected chi connectivity index (χ0v) is 12.9. The van der Waals surface area contributed by atoms with E-state index in [1.807, 2.05) is 19.9 Å². The molecule has 5 nitrogen and oxygen atoms in total. The lowest BCUT2D eigenvalue weighted by atomic mass is 9.79. The van der Waals surface area contributed by atoms with Crippen LogP contribution in [0.2, 0.25) is 0 Å². The minimum Gasteiger partial charge on any atom is -0.396 e. The van der Waals surface area contributed by atoms with Crippen molar-refractivity contribution in [1.82, 2.24) is 5.32 Å². The molecule has 0 bridgehead atoms. The maximum Gasteiger partial charge on any atom is 0.319 e. The number of nitrogens with zero attached hydrogens (tertiary/aromatic N) is 1. The molecule has 0 aliphatic rings. The molecular formula is C16H22FN3O2. The van der Waals surface area contributed by atoms with Gasteiger partial charge in [0.1, 0.15) is 11.9 Å². The normalized spacial score (nSPS) is 10.9. The van der Waals surface area contributed by atoms with Crippen molar-refractivity contribution < 1.29 is 14.3 Å². The van der Waals surface area contributed by atoms with E-state index < -0.39 is 11.8 Å². The SMILES string of the molecule is CCC(CC)(CCO)CNC(=O)Nc1ccc(F)cc1C#N. The van der Waals surface area contributed by atoms with Gasteiger partial charge >= 0.3 is 6.03 Å². The summed E-state index contributed by atoms with van der Waals surface area (Å²) in [6, 6.07) is 5.00. The first-order valence-corrected chi connectivity index (χ1v) is 7.35. The fourth-order valence-electron chi connectivity index (χ4n) is 2.33. The second-order valence-corrected chi connectivity index (χ2v) is 5.29. The smallest absolute Gasteiger partial charge is 0.319 e. The monoisotopic (exact) mass is 307 g/mol. The molecule has 120 valence electrons. The number of hydrogen-bond donors (Lipinski definition) is 3. The first-order valence-electron chi connectivity index (χ1n) is 7.35. The standard InChI is InChI=1S/C16H22FN3O2/c1-3-16(4-2,7-8-21)11-19-15(22)20-14-6-5-13(17)9-12(14)10-18/h5-6,9,21H,3-4,7-8,11H2,1-2H3,(H2,19,20,22). The number of nitriles is 1. The summed E-state index contributed by atoms with van der Waals surface area (Å²) >= 11 is 0. The third-order valence-corrected chi connectivity index (χ3v) is 4.12. The molecule has 0 saturated heterocycles. The number of carbonyl (C=O) groups excluding carboxylic acids is 1. The van der Waals surface area contributed by atoms with Crippen LogP contribution in [0.3, 0.4) is 0 Å². The Labute approximate surface area is 130 Å². The number of amides is 2. The first-order chi connectivity index (χ1) is 10.5. The van der Waals surface area contributed by atoms with E-state index in [1.165, 1.54) is 12.1 Å². The Morgan fingerprint density at radius 1 is 1.41 bits per heavy atom. The van der Waals surface area contributed by atoms with E-state index in [9.17, 15) is 9.18 Å². The van der Waals surface area contributed by atoms with Crippen LogP contribution in [0.1, 0.15) is 38.7 Å². The molecule has 0 spiro atoms. The van der Waals surface area contributed by atoms with E-state index >= 15 is 0 Å². The van der Waals surface area contributed by atoms with Crippen LogP contribution >= 0.6 is 0 Å². The summed E-state index contributed by atoms with van der Waals surface area (Å²) in [7, 11) is 0. The largest absolute Gasteiger partial charge is 0.396 e. The second-order valence-electron chi connectivity index (χ2n) is 5.29. The molecule has 0 radical (unpaired) electrons. The highest BCUT2D eigenvalue weighted by molar-refractivity contribution is 5.90. The van der Waals surface area contributed by atoms with Gasteiger partial charge in [0, 0.05) is 13.2 Å². The molecule has 1 rings (SSSR count). The fourth-order valence-corrected chi connectivity index (χ4v) is 2.33. The van der Waals surface area contributed by atoms with Crippen molar-refractivity contribution in [3.8, 4) is 6.07 Å². The van der Waals surface area contributed by atoms with Gasteiger partial charge in [-0.15, -0.1) is 0 Å². The molecule has 0 saturated carbocycles.